The SMILES string of the molecule is CCc1nnc(NC(=O)C2(CN)CCCC2)s1. The molecule has 1 heterocycles. The average Bonchev–Trinajstić information content (AvgIpc) is 2.97. The zero-order valence-corrected chi connectivity index (χ0v) is 10.8. The van der Waals surface area contributed by atoms with Crippen molar-refractivity contribution in [2.45, 2.75) is 39.0 Å². The fourth-order valence-electron chi connectivity index (χ4n) is 2.25. The Morgan fingerprint density at radius 2 is 2.18 bits per heavy atom. The molecule has 17 heavy (non-hydrogen) atoms. The van der Waals surface area contributed by atoms with Gasteiger partial charge in [0.05, 0.1) is 5.41 Å². The second kappa shape index (κ2) is 5.10. The van der Waals surface area contributed by atoms with Gasteiger partial charge in [-0.15, -0.1) is 10.2 Å². The Labute approximate surface area is 105 Å². The summed E-state index contributed by atoms with van der Waals surface area (Å²) in [5.74, 6) is 0.0105. The number of nitrogens with one attached hydrogen (secondary N) is 1. The Hall–Kier alpha value is -1.01. The van der Waals surface area contributed by atoms with Crippen LogP contribution in [0.2, 0.25) is 0 Å². The second-order valence-electron chi connectivity index (χ2n) is 4.50. The van der Waals surface area contributed by atoms with E-state index in [0.29, 0.717) is 11.7 Å². The van der Waals surface area contributed by atoms with Crippen LogP contribution < -0.4 is 11.1 Å². The Morgan fingerprint density at radius 1 is 1.47 bits per heavy atom. The predicted octanol–water partition coefficient (Wildman–Crippen LogP) is 1.56. The number of aromatic nitrogens is 2. The number of aryl methyl sites for hydroxylation is 1. The number of rotatable bonds is 4. The predicted molar refractivity (Wildman–Crippen MR) is 67.9 cm³/mol. The molecule has 0 bridgehead atoms. The molecule has 0 saturated heterocycles. The van der Waals surface area contributed by atoms with Crippen LogP contribution in [0.4, 0.5) is 5.13 Å². The van der Waals surface area contributed by atoms with E-state index in [1.54, 1.807) is 0 Å². The van der Waals surface area contributed by atoms with Gasteiger partial charge in [0.1, 0.15) is 5.01 Å². The summed E-state index contributed by atoms with van der Waals surface area (Å²) < 4.78 is 0. The topological polar surface area (TPSA) is 80.9 Å². The Balaban J connectivity index is 2.05. The quantitative estimate of drug-likeness (QED) is 0.854. The molecule has 0 aromatic carbocycles. The standard InChI is InChI=1S/C11H18N4OS/c1-2-8-14-15-10(17-8)13-9(16)11(7-12)5-3-4-6-11/h2-7,12H2,1H3,(H,13,15,16). The molecule has 0 atom stereocenters. The van der Waals surface area contributed by atoms with E-state index in [-0.39, 0.29) is 11.3 Å². The van der Waals surface area contributed by atoms with Crippen LogP contribution in [0.15, 0.2) is 0 Å². The number of hydrogen-bond acceptors (Lipinski definition) is 5. The highest BCUT2D eigenvalue weighted by Gasteiger charge is 2.40. The number of carbonyl (C=O) groups is 1. The lowest BCUT2D eigenvalue weighted by atomic mass is 9.85. The van der Waals surface area contributed by atoms with Crippen LogP contribution in [0.3, 0.4) is 0 Å². The van der Waals surface area contributed by atoms with Crippen molar-refractivity contribution in [3.8, 4) is 0 Å². The third kappa shape index (κ3) is 2.47. The van der Waals surface area contributed by atoms with E-state index in [2.05, 4.69) is 15.5 Å². The first-order valence-corrected chi connectivity index (χ1v) is 6.86. The van der Waals surface area contributed by atoms with Gasteiger partial charge in [-0.25, -0.2) is 0 Å². The first-order chi connectivity index (χ1) is 8.20. The maximum absolute atomic E-state index is 12.2. The molecule has 0 spiro atoms. The van der Waals surface area contributed by atoms with Gasteiger partial charge in [-0.3, -0.25) is 10.1 Å². The summed E-state index contributed by atoms with van der Waals surface area (Å²) in [5, 5.41) is 12.3. The van der Waals surface area contributed by atoms with Gasteiger partial charge in [0.15, 0.2) is 0 Å². The maximum Gasteiger partial charge on any atom is 0.233 e. The molecular weight excluding hydrogens is 236 g/mol. The van der Waals surface area contributed by atoms with Crippen molar-refractivity contribution in [1.29, 1.82) is 0 Å². The van der Waals surface area contributed by atoms with Crippen molar-refractivity contribution in [1.82, 2.24) is 10.2 Å². The van der Waals surface area contributed by atoms with Gasteiger partial charge >= 0.3 is 0 Å². The lowest BCUT2D eigenvalue weighted by Gasteiger charge is -2.24. The van der Waals surface area contributed by atoms with E-state index in [4.69, 9.17) is 5.73 Å². The first kappa shape index (κ1) is 12.4. The van der Waals surface area contributed by atoms with Crippen molar-refractivity contribution in [3.05, 3.63) is 5.01 Å². The van der Waals surface area contributed by atoms with Gasteiger partial charge < -0.3 is 5.73 Å². The molecule has 94 valence electrons. The van der Waals surface area contributed by atoms with Crippen LogP contribution in [0, 0.1) is 5.41 Å². The lowest BCUT2D eigenvalue weighted by Crippen LogP contribution is -2.40. The van der Waals surface area contributed by atoms with Crippen molar-refractivity contribution < 1.29 is 4.79 Å². The molecule has 1 aromatic heterocycles. The summed E-state index contributed by atoms with van der Waals surface area (Å²) >= 11 is 1.43. The highest BCUT2D eigenvalue weighted by molar-refractivity contribution is 7.15. The van der Waals surface area contributed by atoms with E-state index in [0.717, 1.165) is 37.1 Å². The number of nitrogens with two attached hydrogens (primary N) is 1. The molecule has 0 unspecified atom stereocenters. The van der Waals surface area contributed by atoms with E-state index in [9.17, 15) is 4.79 Å². The molecular formula is C11H18N4OS. The Bertz CT molecular complexity index is 398. The third-order valence-corrected chi connectivity index (χ3v) is 4.41. The largest absolute Gasteiger partial charge is 0.329 e. The minimum absolute atomic E-state index is 0.0105. The van der Waals surface area contributed by atoms with Crippen LogP contribution >= 0.6 is 11.3 Å². The van der Waals surface area contributed by atoms with Gasteiger partial charge in [0.25, 0.3) is 0 Å². The summed E-state index contributed by atoms with van der Waals surface area (Å²) in [6.07, 6.45) is 4.78. The molecule has 1 aromatic rings. The molecule has 1 amide bonds. The Kier molecular flexibility index (Phi) is 3.73. The molecule has 1 fully saturated rings. The fourth-order valence-corrected chi connectivity index (χ4v) is 2.93. The number of anilines is 1. The number of amides is 1. The summed E-state index contributed by atoms with van der Waals surface area (Å²) in [7, 11) is 0. The average molecular weight is 254 g/mol. The van der Waals surface area contributed by atoms with Gasteiger partial charge in [-0.05, 0) is 19.3 Å². The van der Waals surface area contributed by atoms with Crippen molar-refractivity contribution in [3.63, 3.8) is 0 Å². The first-order valence-electron chi connectivity index (χ1n) is 6.04. The van der Waals surface area contributed by atoms with Crippen LogP contribution in [-0.4, -0.2) is 22.6 Å². The monoisotopic (exact) mass is 254 g/mol. The van der Waals surface area contributed by atoms with Gasteiger partial charge in [0.2, 0.25) is 11.0 Å². The van der Waals surface area contributed by atoms with Gasteiger partial charge in [-0.1, -0.05) is 31.1 Å². The highest BCUT2D eigenvalue weighted by Crippen LogP contribution is 2.38. The fraction of sp³-hybridized carbons (Fsp3) is 0.727. The van der Waals surface area contributed by atoms with Crippen LogP contribution in [-0.2, 0) is 11.2 Å². The third-order valence-electron chi connectivity index (χ3n) is 3.42. The minimum atomic E-state index is -0.377. The normalized spacial score (nSPS) is 18.2. The Morgan fingerprint density at radius 3 is 2.71 bits per heavy atom. The minimum Gasteiger partial charge on any atom is -0.329 e. The van der Waals surface area contributed by atoms with Crippen molar-refractivity contribution in [2.24, 2.45) is 11.1 Å². The second-order valence-corrected chi connectivity index (χ2v) is 5.56. The molecule has 0 aliphatic heterocycles. The zero-order chi connectivity index (χ0) is 12.3. The smallest absolute Gasteiger partial charge is 0.233 e. The molecule has 1 saturated carbocycles. The summed E-state index contributed by atoms with van der Waals surface area (Å²) in [6, 6.07) is 0. The maximum atomic E-state index is 12.2. The van der Waals surface area contributed by atoms with Crippen molar-refractivity contribution >= 4 is 22.4 Å². The molecule has 3 N–H and O–H groups in total. The molecule has 2 rings (SSSR count). The van der Waals surface area contributed by atoms with Crippen molar-refractivity contribution in [2.75, 3.05) is 11.9 Å². The van der Waals surface area contributed by atoms with Crippen LogP contribution in [0.1, 0.15) is 37.6 Å². The summed E-state index contributed by atoms with van der Waals surface area (Å²) in [6.45, 7) is 2.43. The highest BCUT2D eigenvalue weighted by atomic mass is 32.1. The van der Waals surface area contributed by atoms with E-state index in [1.165, 1.54) is 11.3 Å². The van der Waals surface area contributed by atoms with E-state index < -0.39 is 0 Å². The summed E-state index contributed by atoms with van der Waals surface area (Å²) in [4.78, 5) is 12.2. The van der Waals surface area contributed by atoms with E-state index in [1.807, 2.05) is 6.92 Å². The zero-order valence-electron chi connectivity index (χ0n) is 10.0. The molecule has 6 heteroatoms. The van der Waals surface area contributed by atoms with Gasteiger partial charge in [-0.2, -0.15) is 0 Å². The van der Waals surface area contributed by atoms with E-state index >= 15 is 0 Å². The number of hydrogen-bond donors (Lipinski definition) is 2. The number of carbonyl (C=O) groups excluding carboxylic acids is 1. The molecule has 1 aliphatic carbocycles. The van der Waals surface area contributed by atoms with Gasteiger partial charge in [0, 0.05) is 6.54 Å². The lowest BCUT2D eigenvalue weighted by molar-refractivity contribution is -0.124. The molecule has 5 nitrogen and oxygen atoms in total. The van der Waals surface area contributed by atoms with Crippen LogP contribution in [0.5, 0.6) is 0 Å². The summed E-state index contributed by atoms with van der Waals surface area (Å²) in [5.41, 5.74) is 5.38. The molecule has 1 aliphatic rings. The van der Waals surface area contributed by atoms with Crippen LogP contribution in [0.25, 0.3) is 0 Å². The number of nitrogens with zero attached hydrogens (tertiary/aromatic N) is 2. The molecule has 0 radical (unpaired) electrons.